The zero-order chi connectivity index (χ0) is 15.4. The van der Waals surface area contributed by atoms with Gasteiger partial charge in [-0.2, -0.15) is 0 Å². The first-order chi connectivity index (χ1) is 9.95. The number of carboxylic acids is 1. The topological polar surface area (TPSA) is 122 Å². The van der Waals surface area contributed by atoms with Crippen LogP contribution in [0.2, 0.25) is 0 Å². The number of aromatic amines is 1. The molecule has 1 heterocycles. The molecule has 0 fully saturated rings. The average molecular weight is 306 g/mol. The quantitative estimate of drug-likeness (QED) is 0.376. The third kappa shape index (κ3) is 3.89. The number of hydrogen-bond acceptors (Lipinski definition) is 6. The van der Waals surface area contributed by atoms with Gasteiger partial charge in [0, 0.05) is 12.1 Å². The Labute approximate surface area is 123 Å². The van der Waals surface area contributed by atoms with E-state index in [0.717, 1.165) is 11.8 Å². The van der Waals surface area contributed by atoms with Gasteiger partial charge in [-0.05, 0) is 30.3 Å². The van der Waals surface area contributed by atoms with Crippen molar-refractivity contribution < 1.29 is 14.8 Å². The van der Waals surface area contributed by atoms with Crippen molar-refractivity contribution in [2.45, 2.75) is 12.1 Å². The zero-order valence-corrected chi connectivity index (χ0v) is 11.6. The van der Waals surface area contributed by atoms with Gasteiger partial charge in [0.15, 0.2) is 0 Å². The highest BCUT2D eigenvalue weighted by molar-refractivity contribution is 8.04. The SMILES string of the molecule is Cc1nc(S/C(=C\c2cccc([N+](=O)[O-])c2)C(=O)O)n[nH]1. The first-order valence-corrected chi connectivity index (χ1v) is 6.53. The van der Waals surface area contributed by atoms with Crippen molar-refractivity contribution in [1.29, 1.82) is 0 Å². The molecule has 2 N–H and O–H groups in total. The molecule has 2 aromatic rings. The zero-order valence-electron chi connectivity index (χ0n) is 10.8. The second-order valence-corrected chi connectivity index (χ2v) is 4.98. The van der Waals surface area contributed by atoms with Crippen LogP contribution in [0.1, 0.15) is 11.4 Å². The number of carbonyl (C=O) groups is 1. The lowest BCUT2D eigenvalue weighted by molar-refractivity contribution is -0.384. The van der Waals surface area contributed by atoms with Gasteiger partial charge in [0.25, 0.3) is 5.69 Å². The van der Waals surface area contributed by atoms with Gasteiger partial charge >= 0.3 is 5.97 Å². The van der Waals surface area contributed by atoms with Crippen molar-refractivity contribution in [2.75, 3.05) is 0 Å². The van der Waals surface area contributed by atoms with E-state index in [1.807, 2.05) is 0 Å². The molecule has 1 aromatic carbocycles. The number of aromatic nitrogens is 3. The first kappa shape index (κ1) is 14.7. The van der Waals surface area contributed by atoms with Gasteiger partial charge in [-0.1, -0.05) is 12.1 Å². The number of hydrogen-bond donors (Lipinski definition) is 2. The van der Waals surface area contributed by atoms with Gasteiger partial charge in [0.05, 0.1) is 4.92 Å². The Hall–Kier alpha value is -2.68. The predicted molar refractivity (Wildman–Crippen MR) is 75.7 cm³/mol. The van der Waals surface area contributed by atoms with E-state index in [0.29, 0.717) is 11.4 Å². The molecule has 0 aliphatic rings. The molecule has 0 aliphatic carbocycles. The Morgan fingerprint density at radius 1 is 1.52 bits per heavy atom. The van der Waals surface area contributed by atoms with Crippen molar-refractivity contribution >= 4 is 29.5 Å². The predicted octanol–water partition coefficient (Wildman–Crippen LogP) is 2.24. The molecule has 8 nitrogen and oxygen atoms in total. The summed E-state index contributed by atoms with van der Waals surface area (Å²) in [6, 6.07) is 5.71. The van der Waals surface area contributed by atoms with Gasteiger partial charge in [-0.3, -0.25) is 15.2 Å². The van der Waals surface area contributed by atoms with Crippen LogP contribution in [-0.2, 0) is 4.79 Å². The van der Waals surface area contributed by atoms with Crippen molar-refractivity contribution in [3.63, 3.8) is 0 Å². The van der Waals surface area contributed by atoms with Crippen LogP contribution in [0.15, 0.2) is 34.3 Å². The molecule has 0 unspecified atom stereocenters. The van der Waals surface area contributed by atoms with Crippen LogP contribution in [0.5, 0.6) is 0 Å². The van der Waals surface area contributed by atoms with E-state index >= 15 is 0 Å². The van der Waals surface area contributed by atoms with E-state index in [1.165, 1.54) is 24.3 Å². The molecule has 1 aromatic heterocycles. The number of non-ortho nitro benzene ring substituents is 1. The molecular formula is C12H10N4O4S. The smallest absolute Gasteiger partial charge is 0.342 e. The fourth-order valence-electron chi connectivity index (χ4n) is 1.48. The van der Waals surface area contributed by atoms with E-state index < -0.39 is 10.9 Å². The van der Waals surface area contributed by atoms with Crippen molar-refractivity contribution in [3.8, 4) is 0 Å². The summed E-state index contributed by atoms with van der Waals surface area (Å²) in [5.41, 5.74) is 0.314. The number of aliphatic carboxylic acids is 1. The number of benzene rings is 1. The maximum absolute atomic E-state index is 11.2. The highest BCUT2D eigenvalue weighted by Crippen LogP contribution is 2.26. The summed E-state index contributed by atoms with van der Waals surface area (Å²) in [4.78, 5) is 25.4. The summed E-state index contributed by atoms with van der Waals surface area (Å²) < 4.78 is 0. The molecule has 0 saturated carbocycles. The summed E-state index contributed by atoms with van der Waals surface area (Å²) in [7, 11) is 0. The lowest BCUT2D eigenvalue weighted by atomic mass is 10.2. The Morgan fingerprint density at radius 3 is 2.86 bits per heavy atom. The molecular weight excluding hydrogens is 296 g/mol. The van der Waals surface area contributed by atoms with E-state index in [9.17, 15) is 20.0 Å². The minimum absolute atomic E-state index is 0.0329. The minimum Gasteiger partial charge on any atom is -0.477 e. The van der Waals surface area contributed by atoms with Gasteiger partial charge < -0.3 is 5.11 Å². The Morgan fingerprint density at radius 2 is 2.29 bits per heavy atom. The molecule has 21 heavy (non-hydrogen) atoms. The number of nitro groups is 1. The lowest BCUT2D eigenvalue weighted by Crippen LogP contribution is -1.97. The number of aryl methyl sites for hydroxylation is 1. The van der Waals surface area contributed by atoms with Crippen LogP contribution in [0, 0.1) is 17.0 Å². The third-order valence-corrected chi connectivity index (χ3v) is 3.25. The minimum atomic E-state index is -1.16. The maximum atomic E-state index is 11.2. The second-order valence-electron chi connectivity index (χ2n) is 3.97. The average Bonchev–Trinajstić information content (AvgIpc) is 2.83. The third-order valence-electron chi connectivity index (χ3n) is 2.37. The highest BCUT2D eigenvalue weighted by Gasteiger charge is 2.14. The number of nitrogens with one attached hydrogen (secondary N) is 1. The Balaban J connectivity index is 2.31. The van der Waals surface area contributed by atoms with Crippen LogP contribution >= 0.6 is 11.8 Å². The second kappa shape index (κ2) is 6.18. The van der Waals surface area contributed by atoms with Crippen molar-refractivity contribution in [1.82, 2.24) is 15.2 Å². The largest absolute Gasteiger partial charge is 0.477 e. The molecule has 0 saturated heterocycles. The van der Waals surface area contributed by atoms with Crippen LogP contribution < -0.4 is 0 Å². The number of nitro benzene ring substituents is 1. The summed E-state index contributed by atoms with van der Waals surface area (Å²) in [5, 5.41) is 26.6. The molecule has 0 bridgehead atoms. The highest BCUT2D eigenvalue weighted by atomic mass is 32.2. The Bertz CT molecular complexity index is 726. The first-order valence-electron chi connectivity index (χ1n) is 5.72. The van der Waals surface area contributed by atoms with E-state index in [2.05, 4.69) is 15.2 Å². The van der Waals surface area contributed by atoms with Gasteiger partial charge in [0.1, 0.15) is 10.7 Å². The molecule has 108 valence electrons. The van der Waals surface area contributed by atoms with Crippen LogP contribution in [0.25, 0.3) is 6.08 Å². The number of carboxylic acid groups (broad SMARTS) is 1. The lowest BCUT2D eigenvalue weighted by Gasteiger charge is -1.99. The molecule has 0 spiro atoms. The van der Waals surface area contributed by atoms with Gasteiger partial charge in [0.2, 0.25) is 5.16 Å². The van der Waals surface area contributed by atoms with Crippen LogP contribution in [-0.4, -0.2) is 31.2 Å². The fraction of sp³-hybridized carbons (Fsp3) is 0.0833. The number of thioether (sulfide) groups is 1. The standard InChI is InChI=1S/C12H10N4O4S/c1-7-13-12(15-14-7)21-10(11(17)18)6-8-3-2-4-9(5-8)16(19)20/h2-6H,1H3,(H,17,18)(H,13,14,15)/b10-6-. The summed E-state index contributed by atoms with van der Waals surface area (Å²) >= 11 is 0.865. The molecule has 0 radical (unpaired) electrons. The van der Waals surface area contributed by atoms with Crippen LogP contribution in [0.4, 0.5) is 5.69 Å². The normalized spacial score (nSPS) is 11.4. The molecule has 0 atom stereocenters. The summed E-state index contributed by atoms with van der Waals surface area (Å²) in [5.74, 6) is -0.591. The number of H-pyrrole nitrogens is 1. The van der Waals surface area contributed by atoms with Crippen molar-refractivity contribution in [3.05, 3.63) is 50.7 Å². The van der Waals surface area contributed by atoms with Gasteiger partial charge in [-0.15, -0.1) is 5.10 Å². The number of nitrogens with zero attached hydrogens (tertiary/aromatic N) is 3. The van der Waals surface area contributed by atoms with E-state index in [4.69, 9.17) is 0 Å². The summed E-state index contributed by atoms with van der Waals surface area (Å²) in [6.45, 7) is 1.70. The van der Waals surface area contributed by atoms with E-state index in [1.54, 1.807) is 13.0 Å². The van der Waals surface area contributed by atoms with Gasteiger partial charge in [-0.25, -0.2) is 9.78 Å². The number of rotatable bonds is 5. The van der Waals surface area contributed by atoms with Crippen molar-refractivity contribution in [2.24, 2.45) is 0 Å². The van der Waals surface area contributed by atoms with E-state index in [-0.39, 0.29) is 15.7 Å². The van der Waals surface area contributed by atoms with Crippen LogP contribution in [0.3, 0.4) is 0 Å². The molecule has 9 heteroatoms. The summed E-state index contributed by atoms with van der Waals surface area (Å²) in [6.07, 6.45) is 1.34. The monoisotopic (exact) mass is 306 g/mol. The molecule has 0 aliphatic heterocycles. The Kier molecular flexibility index (Phi) is 4.33. The molecule has 2 rings (SSSR count). The molecule has 0 amide bonds. The maximum Gasteiger partial charge on any atom is 0.342 e. The fourth-order valence-corrected chi connectivity index (χ4v) is 2.23.